The molecule has 0 rings (SSSR count). The van der Waals surface area contributed by atoms with E-state index in [4.69, 9.17) is 16.6 Å². The number of aliphatic carboxylic acids is 1. The first-order valence-corrected chi connectivity index (χ1v) is 8.46. The molecular formula is C15H27N5O9. The normalized spacial score (nSPS) is 17.0. The van der Waals surface area contributed by atoms with Gasteiger partial charge in [0.15, 0.2) is 6.04 Å². The molecule has 0 saturated carbocycles. The molecule has 0 aliphatic rings. The monoisotopic (exact) mass is 421 g/mol. The second-order valence-electron chi connectivity index (χ2n) is 6.31. The van der Waals surface area contributed by atoms with E-state index in [-0.39, 0.29) is 0 Å². The summed E-state index contributed by atoms with van der Waals surface area (Å²) in [6.45, 7) is 1.32. The first-order chi connectivity index (χ1) is 13.3. The number of carboxylic acid groups (broad SMARTS) is 1. The highest BCUT2D eigenvalue weighted by Gasteiger charge is 2.33. The average molecular weight is 421 g/mol. The van der Waals surface area contributed by atoms with Gasteiger partial charge in [0.25, 0.3) is 0 Å². The summed E-state index contributed by atoms with van der Waals surface area (Å²) in [7, 11) is 0. The maximum absolute atomic E-state index is 12.3. The zero-order chi connectivity index (χ0) is 22.9. The van der Waals surface area contributed by atoms with Gasteiger partial charge < -0.3 is 47.8 Å². The quantitative estimate of drug-likeness (QED) is 0.144. The first kappa shape index (κ1) is 26.2. The Morgan fingerprint density at radius 1 is 0.862 bits per heavy atom. The summed E-state index contributed by atoms with van der Waals surface area (Å²) in [6.07, 6.45) is -3.49. The number of nitrogens with two attached hydrogens (primary N) is 2. The van der Waals surface area contributed by atoms with Gasteiger partial charge >= 0.3 is 5.97 Å². The highest BCUT2D eigenvalue weighted by molar-refractivity contribution is 5.95. The van der Waals surface area contributed by atoms with Crippen molar-refractivity contribution in [3.8, 4) is 0 Å². The van der Waals surface area contributed by atoms with Crippen molar-refractivity contribution in [3.05, 3.63) is 0 Å². The second kappa shape index (κ2) is 11.9. The smallest absolute Gasteiger partial charge is 0.328 e. The van der Waals surface area contributed by atoms with E-state index in [0.717, 1.165) is 13.8 Å². The molecule has 0 fully saturated rings. The minimum Gasteiger partial charge on any atom is -0.480 e. The molecule has 0 aromatic carbocycles. The molecule has 166 valence electrons. The van der Waals surface area contributed by atoms with E-state index < -0.39 is 79.0 Å². The van der Waals surface area contributed by atoms with Crippen LogP contribution in [0.3, 0.4) is 0 Å². The van der Waals surface area contributed by atoms with E-state index in [1.807, 2.05) is 5.32 Å². The van der Waals surface area contributed by atoms with Gasteiger partial charge in [0, 0.05) is 0 Å². The van der Waals surface area contributed by atoms with Gasteiger partial charge in [0.2, 0.25) is 23.6 Å². The van der Waals surface area contributed by atoms with Gasteiger partial charge in [-0.05, 0) is 13.8 Å². The molecule has 0 aliphatic heterocycles. The number of aliphatic hydroxyl groups is 3. The predicted molar refractivity (Wildman–Crippen MR) is 95.7 cm³/mol. The van der Waals surface area contributed by atoms with Gasteiger partial charge in [0.05, 0.1) is 31.3 Å². The number of primary amides is 1. The van der Waals surface area contributed by atoms with Crippen LogP contribution in [0, 0.1) is 0 Å². The molecule has 6 atom stereocenters. The summed E-state index contributed by atoms with van der Waals surface area (Å²) in [5.74, 6) is -5.62. The molecule has 0 bridgehead atoms. The molecule has 11 N–H and O–H groups in total. The fourth-order valence-corrected chi connectivity index (χ4v) is 2.07. The molecule has 0 aromatic rings. The Hall–Kier alpha value is -2.81. The van der Waals surface area contributed by atoms with E-state index in [1.54, 1.807) is 0 Å². The van der Waals surface area contributed by atoms with E-state index >= 15 is 0 Å². The Labute approximate surface area is 165 Å². The Bertz CT molecular complexity index is 625. The number of aliphatic hydroxyl groups excluding tert-OH is 3. The maximum Gasteiger partial charge on any atom is 0.328 e. The van der Waals surface area contributed by atoms with E-state index in [1.165, 1.54) is 0 Å². The Kier molecular flexibility index (Phi) is 10.7. The van der Waals surface area contributed by atoms with E-state index in [2.05, 4.69) is 10.6 Å². The molecular weight excluding hydrogens is 394 g/mol. The Morgan fingerprint density at radius 2 is 1.34 bits per heavy atom. The van der Waals surface area contributed by atoms with Crippen LogP contribution in [0.1, 0.15) is 20.3 Å². The van der Waals surface area contributed by atoms with Crippen LogP contribution in [0.5, 0.6) is 0 Å². The van der Waals surface area contributed by atoms with Crippen molar-refractivity contribution in [2.75, 3.05) is 6.61 Å². The lowest BCUT2D eigenvalue weighted by molar-refractivity contribution is -0.146. The molecule has 0 aromatic heterocycles. The molecule has 14 heteroatoms. The SMILES string of the molecule is CC(O)C(NC(=O)C(NC(=O)C(CO)NC(=O)C(N)CC(N)=O)C(C)O)C(=O)O. The number of hydrogen-bond acceptors (Lipinski definition) is 9. The van der Waals surface area contributed by atoms with Crippen molar-refractivity contribution < 1.29 is 44.4 Å². The van der Waals surface area contributed by atoms with Crippen molar-refractivity contribution in [2.45, 2.75) is 56.6 Å². The number of carbonyl (C=O) groups excluding carboxylic acids is 4. The summed E-state index contributed by atoms with van der Waals surface area (Å²) < 4.78 is 0. The standard InChI is InChI=1S/C15H27N5O9/c1-5(22)10(14(27)20-11(6(2)23)15(28)29)19-13(26)8(4-21)18-12(25)7(16)3-9(17)24/h5-8,10-11,21-23H,3-4,16H2,1-2H3,(H2,17,24)(H,18,25)(H,19,26)(H,20,27)(H,28,29). The highest BCUT2D eigenvalue weighted by Crippen LogP contribution is 2.00. The lowest BCUT2D eigenvalue weighted by Crippen LogP contribution is -2.61. The van der Waals surface area contributed by atoms with Gasteiger partial charge in [-0.2, -0.15) is 0 Å². The molecule has 0 radical (unpaired) electrons. The molecule has 29 heavy (non-hydrogen) atoms. The molecule has 0 saturated heterocycles. The van der Waals surface area contributed by atoms with Crippen molar-refractivity contribution in [1.29, 1.82) is 0 Å². The number of amides is 4. The number of nitrogens with one attached hydrogen (secondary N) is 3. The van der Waals surface area contributed by atoms with Crippen molar-refractivity contribution in [2.24, 2.45) is 11.5 Å². The average Bonchev–Trinajstić information content (AvgIpc) is 2.59. The lowest BCUT2D eigenvalue weighted by Gasteiger charge is -2.26. The summed E-state index contributed by atoms with van der Waals surface area (Å²) >= 11 is 0. The number of hydrogen-bond donors (Lipinski definition) is 9. The lowest BCUT2D eigenvalue weighted by atomic mass is 10.1. The minimum atomic E-state index is -1.71. The molecule has 0 aliphatic carbocycles. The van der Waals surface area contributed by atoms with Gasteiger partial charge in [-0.3, -0.25) is 19.2 Å². The van der Waals surface area contributed by atoms with Crippen molar-refractivity contribution in [3.63, 3.8) is 0 Å². The molecule has 0 spiro atoms. The minimum absolute atomic E-state index is 0.514. The Morgan fingerprint density at radius 3 is 1.72 bits per heavy atom. The van der Waals surface area contributed by atoms with Crippen LogP contribution < -0.4 is 27.4 Å². The van der Waals surface area contributed by atoms with Crippen LogP contribution in [-0.4, -0.2) is 93.0 Å². The van der Waals surface area contributed by atoms with Gasteiger partial charge in [-0.25, -0.2) is 4.79 Å². The van der Waals surface area contributed by atoms with Crippen molar-refractivity contribution >= 4 is 29.6 Å². The van der Waals surface area contributed by atoms with Crippen LogP contribution in [0.15, 0.2) is 0 Å². The second-order valence-corrected chi connectivity index (χ2v) is 6.31. The third-order valence-electron chi connectivity index (χ3n) is 3.68. The molecule has 0 heterocycles. The fourth-order valence-electron chi connectivity index (χ4n) is 2.07. The summed E-state index contributed by atoms with van der Waals surface area (Å²) in [5.41, 5.74) is 10.3. The maximum atomic E-state index is 12.3. The van der Waals surface area contributed by atoms with Gasteiger partial charge in [0.1, 0.15) is 12.1 Å². The number of carbonyl (C=O) groups is 5. The zero-order valence-corrected chi connectivity index (χ0v) is 15.9. The highest BCUT2D eigenvalue weighted by atomic mass is 16.4. The number of carboxylic acids is 1. The van der Waals surface area contributed by atoms with E-state index in [0.29, 0.717) is 0 Å². The summed E-state index contributed by atoms with van der Waals surface area (Å²) in [4.78, 5) is 58.2. The van der Waals surface area contributed by atoms with Crippen LogP contribution >= 0.6 is 0 Å². The Balaban J connectivity index is 5.18. The van der Waals surface area contributed by atoms with Crippen LogP contribution in [0.4, 0.5) is 0 Å². The molecule has 14 nitrogen and oxygen atoms in total. The molecule has 4 amide bonds. The largest absolute Gasteiger partial charge is 0.480 e. The molecule has 6 unspecified atom stereocenters. The summed E-state index contributed by atoms with van der Waals surface area (Å²) in [6, 6.07) is -6.36. The third-order valence-corrected chi connectivity index (χ3v) is 3.68. The first-order valence-electron chi connectivity index (χ1n) is 8.46. The van der Waals surface area contributed by atoms with E-state index in [9.17, 15) is 39.3 Å². The number of rotatable bonds is 12. The third kappa shape index (κ3) is 8.82. The van der Waals surface area contributed by atoms with Gasteiger partial charge in [-0.1, -0.05) is 0 Å². The summed E-state index contributed by atoms with van der Waals surface area (Å²) in [5, 5.41) is 43.5. The predicted octanol–water partition coefficient (Wildman–Crippen LogP) is -5.52. The van der Waals surface area contributed by atoms with Crippen LogP contribution in [-0.2, 0) is 24.0 Å². The van der Waals surface area contributed by atoms with Crippen LogP contribution in [0.25, 0.3) is 0 Å². The fraction of sp³-hybridized carbons (Fsp3) is 0.667. The topological polar surface area (TPSA) is 254 Å². The zero-order valence-electron chi connectivity index (χ0n) is 15.9. The van der Waals surface area contributed by atoms with Crippen LogP contribution in [0.2, 0.25) is 0 Å². The van der Waals surface area contributed by atoms with Crippen molar-refractivity contribution in [1.82, 2.24) is 16.0 Å². The van der Waals surface area contributed by atoms with Gasteiger partial charge in [-0.15, -0.1) is 0 Å².